The molecule has 8 aromatic carbocycles. The lowest BCUT2D eigenvalue weighted by Crippen LogP contribution is -2.12. The number of hydrogen-bond donors (Lipinski definition) is 0. The monoisotopic (exact) mass is 640 g/mol. The van der Waals surface area contributed by atoms with E-state index in [2.05, 4.69) is 193 Å². The Balaban J connectivity index is 1.23. The van der Waals surface area contributed by atoms with Crippen molar-refractivity contribution < 1.29 is 4.42 Å². The third-order valence-corrected chi connectivity index (χ3v) is 9.32. The quantitative estimate of drug-likeness (QED) is 0.174. The molecule has 1 aromatic heterocycles. The van der Waals surface area contributed by atoms with Crippen LogP contribution in [0.2, 0.25) is 0 Å². The Bertz CT molecular complexity index is 2560. The van der Waals surface area contributed by atoms with Crippen LogP contribution in [0.1, 0.15) is 0 Å². The second-order valence-electron chi connectivity index (χ2n) is 12.4. The van der Waals surface area contributed by atoms with Crippen molar-refractivity contribution >= 4 is 38.9 Å². The molecule has 0 atom stereocenters. The Morgan fingerprint density at radius 1 is 0.380 bits per heavy atom. The average molecular weight is 641 g/mol. The number of hydrogen-bond acceptors (Lipinski definition) is 3. The fourth-order valence-corrected chi connectivity index (χ4v) is 6.85. The van der Waals surface area contributed by atoms with Crippen molar-refractivity contribution in [3.05, 3.63) is 194 Å². The molecular formula is C47H32N2O. The molecule has 0 saturated heterocycles. The number of rotatable bonds is 7. The number of anilines is 3. The van der Waals surface area contributed by atoms with E-state index in [0.29, 0.717) is 5.89 Å². The highest BCUT2D eigenvalue weighted by Gasteiger charge is 2.22. The molecule has 0 amide bonds. The summed E-state index contributed by atoms with van der Waals surface area (Å²) in [5.74, 6) is 0.602. The van der Waals surface area contributed by atoms with Gasteiger partial charge >= 0.3 is 0 Å². The topological polar surface area (TPSA) is 29.3 Å². The molecule has 0 aliphatic carbocycles. The number of benzene rings is 8. The molecule has 0 radical (unpaired) electrons. The van der Waals surface area contributed by atoms with E-state index in [9.17, 15) is 0 Å². The van der Waals surface area contributed by atoms with E-state index >= 15 is 0 Å². The lowest BCUT2D eigenvalue weighted by molar-refractivity contribution is 0.620. The van der Waals surface area contributed by atoms with Gasteiger partial charge in [0.25, 0.3) is 0 Å². The number of para-hydroxylation sites is 1. The minimum atomic E-state index is 0.602. The van der Waals surface area contributed by atoms with Crippen molar-refractivity contribution in [3.8, 4) is 44.8 Å². The summed E-state index contributed by atoms with van der Waals surface area (Å²) in [4.78, 5) is 7.44. The van der Waals surface area contributed by atoms with Crippen LogP contribution in [0, 0.1) is 0 Å². The van der Waals surface area contributed by atoms with E-state index < -0.39 is 0 Å². The number of oxazole rings is 1. The van der Waals surface area contributed by atoms with E-state index in [1.807, 2.05) is 6.07 Å². The molecule has 0 saturated carbocycles. The van der Waals surface area contributed by atoms with Crippen LogP contribution in [0.3, 0.4) is 0 Å². The maximum atomic E-state index is 6.62. The molecule has 3 heteroatoms. The Morgan fingerprint density at radius 3 is 1.50 bits per heavy atom. The van der Waals surface area contributed by atoms with Crippen molar-refractivity contribution in [3.63, 3.8) is 0 Å². The first kappa shape index (κ1) is 29.4. The minimum Gasteiger partial charge on any atom is -0.436 e. The van der Waals surface area contributed by atoms with Gasteiger partial charge in [-0.3, -0.25) is 0 Å². The SMILES string of the molecule is c1ccc(-c2ccc(-c3nc4c(cc(N(c5ccc(-c6ccccc6)cc5)c5ccccc5-c5ccccc5)c5ccccc54)o3)cc2)cc1. The van der Waals surface area contributed by atoms with Gasteiger partial charge in [0.15, 0.2) is 5.58 Å². The van der Waals surface area contributed by atoms with Crippen LogP contribution in [-0.4, -0.2) is 4.98 Å². The van der Waals surface area contributed by atoms with Gasteiger partial charge in [-0.1, -0.05) is 158 Å². The third-order valence-electron chi connectivity index (χ3n) is 9.32. The predicted octanol–water partition coefficient (Wildman–Crippen LogP) is 13.1. The molecule has 0 aliphatic heterocycles. The van der Waals surface area contributed by atoms with Crippen LogP contribution in [0.5, 0.6) is 0 Å². The van der Waals surface area contributed by atoms with Gasteiger partial charge in [-0.05, 0) is 58.1 Å². The zero-order valence-electron chi connectivity index (χ0n) is 27.3. The fraction of sp³-hybridized carbons (Fsp3) is 0. The largest absolute Gasteiger partial charge is 0.436 e. The standard InChI is InChI=1S/C47H32N2O/c1-4-14-33(15-5-1)35-24-26-38(27-25-35)47-48-46-42-22-11-10-21-41(42)44(32-45(46)50-47)49(39-30-28-36(29-31-39)34-16-6-2-7-17-34)43-23-13-12-20-40(43)37-18-8-3-9-19-37/h1-32H. The first-order chi connectivity index (χ1) is 24.8. The molecule has 50 heavy (non-hydrogen) atoms. The Kier molecular flexibility index (Phi) is 7.49. The molecule has 3 nitrogen and oxygen atoms in total. The maximum absolute atomic E-state index is 6.62. The Labute approximate surface area is 291 Å². The lowest BCUT2D eigenvalue weighted by atomic mass is 9.99. The highest BCUT2D eigenvalue weighted by molar-refractivity contribution is 6.12. The van der Waals surface area contributed by atoms with Gasteiger partial charge in [0, 0.05) is 33.7 Å². The van der Waals surface area contributed by atoms with Gasteiger partial charge in [-0.25, -0.2) is 4.98 Å². The van der Waals surface area contributed by atoms with Gasteiger partial charge in [0.05, 0.1) is 11.4 Å². The van der Waals surface area contributed by atoms with Crippen molar-refractivity contribution in [2.45, 2.75) is 0 Å². The first-order valence-electron chi connectivity index (χ1n) is 16.9. The van der Waals surface area contributed by atoms with E-state index in [0.717, 1.165) is 61.2 Å². The van der Waals surface area contributed by atoms with Gasteiger partial charge < -0.3 is 9.32 Å². The summed E-state index contributed by atoms with van der Waals surface area (Å²) in [7, 11) is 0. The summed E-state index contributed by atoms with van der Waals surface area (Å²) in [6, 6.07) is 68.0. The zero-order chi connectivity index (χ0) is 33.3. The summed E-state index contributed by atoms with van der Waals surface area (Å²) >= 11 is 0. The Hall–Kier alpha value is -6.71. The van der Waals surface area contributed by atoms with Crippen molar-refractivity contribution in [1.82, 2.24) is 4.98 Å². The minimum absolute atomic E-state index is 0.602. The molecule has 236 valence electrons. The smallest absolute Gasteiger partial charge is 0.227 e. The van der Waals surface area contributed by atoms with Crippen LogP contribution in [0.4, 0.5) is 17.1 Å². The summed E-state index contributed by atoms with van der Waals surface area (Å²) in [5.41, 5.74) is 12.7. The van der Waals surface area contributed by atoms with E-state index in [1.54, 1.807) is 0 Å². The lowest BCUT2D eigenvalue weighted by Gasteiger charge is -2.29. The van der Waals surface area contributed by atoms with Crippen LogP contribution in [0.25, 0.3) is 66.7 Å². The van der Waals surface area contributed by atoms with E-state index in [1.165, 1.54) is 16.7 Å². The maximum Gasteiger partial charge on any atom is 0.227 e. The molecular weight excluding hydrogens is 609 g/mol. The summed E-state index contributed by atoms with van der Waals surface area (Å²) < 4.78 is 6.62. The van der Waals surface area contributed by atoms with Crippen LogP contribution in [0.15, 0.2) is 199 Å². The molecule has 0 fully saturated rings. The summed E-state index contributed by atoms with van der Waals surface area (Å²) in [6.45, 7) is 0. The van der Waals surface area contributed by atoms with Gasteiger partial charge in [0.1, 0.15) is 5.52 Å². The first-order valence-corrected chi connectivity index (χ1v) is 16.9. The second-order valence-corrected chi connectivity index (χ2v) is 12.4. The summed E-state index contributed by atoms with van der Waals surface area (Å²) in [6.07, 6.45) is 0. The highest BCUT2D eigenvalue weighted by Crippen LogP contribution is 2.46. The van der Waals surface area contributed by atoms with Crippen molar-refractivity contribution in [1.29, 1.82) is 0 Å². The molecule has 0 spiro atoms. The zero-order valence-corrected chi connectivity index (χ0v) is 27.3. The van der Waals surface area contributed by atoms with Gasteiger partial charge in [-0.15, -0.1) is 0 Å². The average Bonchev–Trinajstić information content (AvgIpc) is 3.64. The third kappa shape index (κ3) is 5.41. The van der Waals surface area contributed by atoms with E-state index in [-0.39, 0.29) is 0 Å². The van der Waals surface area contributed by atoms with E-state index in [4.69, 9.17) is 9.40 Å². The summed E-state index contributed by atoms with van der Waals surface area (Å²) in [5, 5.41) is 2.13. The number of nitrogens with zero attached hydrogens (tertiary/aromatic N) is 2. The number of aromatic nitrogens is 1. The molecule has 1 heterocycles. The highest BCUT2D eigenvalue weighted by atomic mass is 16.3. The number of fused-ring (bicyclic) bond motifs is 3. The van der Waals surface area contributed by atoms with Crippen molar-refractivity contribution in [2.24, 2.45) is 0 Å². The van der Waals surface area contributed by atoms with Gasteiger partial charge in [0.2, 0.25) is 5.89 Å². The Morgan fingerprint density at radius 2 is 0.860 bits per heavy atom. The van der Waals surface area contributed by atoms with Crippen molar-refractivity contribution in [2.75, 3.05) is 4.90 Å². The molecule has 9 rings (SSSR count). The van der Waals surface area contributed by atoms with Gasteiger partial charge in [-0.2, -0.15) is 0 Å². The van der Waals surface area contributed by atoms with Crippen LogP contribution >= 0.6 is 0 Å². The molecule has 0 aliphatic rings. The fourth-order valence-electron chi connectivity index (χ4n) is 6.85. The molecule has 9 aromatic rings. The molecule has 0 N–H and O–H groups in total. The predicted molar refractivity (Wildman–Crippen MR) is 208 cm³/mol. The second kappa shape index (κ2) is 12.7. The normalized spacial score (nSPS) is 11.2. The molecule has 0 unspecified atom stereocenters. The van der Waals surface area contributed by atoms with Crippen LogP contribution in [-0.2, 0) is 0 Å². The van der Waals surface area contributed by atoms with Crippen LogP contribution < -0.4 is 4.90 Å². The molecule has 0 bridgehead atoms.